The molecule has 6 heteroatoms. The van der Waals surface area contributed by atoms with E-state index in [0.717, 1.165) is 18.4 Å². The Bertz CT molecular complexity index is 962. The minimum Gasteiger partial charge on any atom is -0.461 e. The van der Waals surface area contributed by atoms with Gasteiger partial charge in [-0.2, -0.15) is 0 Å². The van der Waals surface area contributed by atoms with Crippen LogP contribution in [0.4, 0.5) is 5.69 Å². The third kappa shape index (κ3) is 2.23. The molecule has 120 valence electrons. The van der Waals surface area contributed by atoms with Crippen molar-refractivity contribution in [1.29, 1.82) is 0 Å². The second-order valence-electron chi connectivity index (χ2n) is 5.94. The van der Waals surface area contributed by atoms with E-state index < -0.39 is 0 Å². The molecule has 1 saturated carbocycles. The molecule has 0 N–H and O–H groups in total. The Balaban J connectivity index is 1.74. The first kappa shape index (κ1) is 14.4. The van der Waals surface area contributed by atoms with Crippen LogP contribution in [0, 0.1) is 10.1 Å². The van der Waals surface area contributed by atoms with E-state index in [9.17, 15) is 14.9 Å². The molecular weight excluding hydrogens is 308 g/mol. The summed E-state index contributed by atoms with van der Waals surface area (Å²) in [6.45, 7) is 0. The van der Waals surface area contributed by atoms with Crippen molar-refractivity contribution in [3.8, 4) is 0 Å². The van der Waals surface area contributed by atoms with Gasteiger partial charge in [0.2, 0.25) is 5.78 Å². The van der Waals surface area contributed by atoms with Gasteiger partial charge in [-0.15, -0.1) is 0 Å². The van der Waals surface area contributed by atoms with Crippen molar-refractivity contribution in [3.05, 3.63) is 76.9 Å². The van der Waals surface area contributed by atoms with Gasteiger partial charge in [0, 0.05) is 0 Å². The van der Waals surface area contributed by atoms with Crippen molar-refractivity contribution in [1.82, 2.24) is 4.57 Å². The van der Waals surface area contributed by atoms with Gasteiger partial charge in [0.25, 0.3) is 5.69 Å². The van der Waals surface area contributed by atoms with E-state index in [1.165, 1.54) is 12.3 Å². The molecule has 1 aromatic carbocycles. The first-order valence-electron chi connectivity index (χ1n) is 7.63. The van der Waals surface area contributed by atoms with Crippen LogP contribution < -0.4 is 0 Å². The number of hydrogen-bond acceptors (Lipinski definition) is 4. The molecule has 1 aliphatic rings. The molecule has 24 heavy (non-hydrogen) atoms. The molecule has 0 unspecified atom stereocenters. The van der Waals surface area contributed by atoms with E-state index in [1.807, 2.05) is 22.8 Å². The van der Waals surface area contributed by atoms with Gasteiger partial charge in [-0.05, 0) is 43.2 Å². The summed E-state index contributed by atoms with van der Waals surface area (Å²) in [5.41, 5.74) is 0.510. The number of fused-ring (bicyclic) bond motifs is 1. The summed E-state index contributed by atoms with van der Waals surface area (Å²) >= 11 is 0. The van der Waals surface area contributed by atoms with Crippen molar-refractivity contribution in [2.75, 3.05) is 0 Å². The van der Waals surface area contributed by atoms with Gasteiger partial charge in [0.1, 0.15) is 0 Å². The van der Waals surface area contributed by atoms with Gasteiger partial charge >= 0.3 is 0 Å². The Hall–Kier alpha value is -3.15. The molecule has 2 aromatic heterocycles. The van der Waals surface area contributed by atoms with Crippen molar-refractivity contribution in [2.45, 2.75) is 18.4 Å². The molecule has 0 saturated heterocycles. The van der Waals surface area contributed by atoms with Crippen molar-refractivity contribution in [3.63, 3.8) is 0 Å². The van der Waals surface area contributed by atoms with Crippen molar-refractivity contribution < 1.29 is 14.1 Å². The lowest BCUT2D eigenvalue weighted by Gasteiger charge is -2.13. The topological polar surface area (TPSA) is 78.3 Å². The van der Waals surface area contributed by atoms with Gasteiger partial charge in [-0.25, -0.2) is 0 Å². The fourth-order valence-corrected chi connectivity index (χ4v) is 3.02. The summed E-state index contributed by atoms with van der Waals surface area (Å²) in [6, 6.07) is 10.5. The minimum absolute atomic E-state index is 0.0858. The molecule has 0 spiro atoms. The zero-order chi connectivity index (χ0) is 16.7. The van der Waals surface area contributed by atoms with Crippen LogP contribution in [0.5, 0.6) is 0 Å². The molecule has 6 nitrogen and oxygen atoms in total. The first-order valence-corrected chi connectivity index (χ1v) is 7.63. The highest BCUT2D eigenvalue weighted by Gasteiger charge is 2.44. The fourth-order valence-electron chi connectivity index (χ4n) is 3.02. The second-order valence-corrected chi connectivity index (χ2v) is 5.94. The Morgan fingerprint density at radius 3 is 2.71 bits per heavy atom. The highest BCUT2D eigenvalue weighted by atomic mass is 16.6. The average molecular weight is 322 g/mol. The number of nitrogens with zero attached hydrogens (tertiary/aromatic N) is 2. The molecule has 0 radical (unpaired) electrons. The minimum atomic E-state index is -0.379. The van der Waals surface area contributed by atoms with E-state index in [-0.39, 0.29) is 27.7 Å². The van der Waals surface area contributed by atoms with E-state index in [2.05, 4.69) is 0 Å². The van der Waals surface area contributed by atoms with E-state index in [0.29, 0.717) is 5.39 Å². The van der Waals surface area contributed by atoms with Crippen LogP contribution >= 0.6 is 0 Å². The van der Waals surface area contributed by atoms with Gasteiger partial charge in [0.05, 0.1) is 33.8 Å². The Labute approximate surface area is 137 Å². The molecule has 3 aromatic rings. The third-order valence-corrected chi connectivity index (χ3v) is 4.44. The SMILES string of the molecule is O=C(/C=C/C1(n2cc([N+](=O)[O-])c3ccccc32)CC1)c1ccco1. The highest BCUT2D eigenvalue weighted by Crippen LogP contribution is 2.48. The maximum absolute atomic E-state index is 12.1. The molecule has 0 atom stereocenters. The molecule has 4 rings (SSSR count). The molecule has 1 fully saturated rings. The number of nitro groups is 1. The van der Waals surface area contributed by atoms with Crippen molar-refractivity contribution >= 4 is 22.4 Å². The fraction of sp³-hybridized carbons (Fsp3) is 0.167. The Morgan fingerprint density at radius 1 is 1.25 bits per heavy atom. The van der Waals surface area contributed by atoms with Crippen LogP contribution in [0.1, 0.15) is 23.4 Å². The summed E-state index contributed by atoms with van der Waals surface area (Å²) in [5.74, 6) is 0.0719. The van der Waals surface area contributed by atoms with Crippen molar-refractivity contribution in [2.24, 2.45) is 0 Å². The Kier molecular flexibility index (Phi) is 3.13. The van der Waals surface area contributed by atoms with Crippen LogP contribution in [0.3, 0.4) is 0 Å². The number of rotatable bonds is 5. The van der Waals surface area contributed by atoms with Crippen LogP contribution in [-0.2, 0) is 5.54 Å². The maximum atomic E-state index is 12.1. The average Bonchev–Trinajstić information content (AvgIpc) is 3.02. The lowest BCUT2D eigenvalue weighted by atomic mass is 10.2. The molecule has 0 bridgehead atoms. The summed E-state index contributed by atoms with van der Waals surface area (Å²) in [7, 11) is 0. The first-order chi connectivity index (χ1) is 11.6. The van der Waals surface area contributed by atoms with E-state index >= 15 is 0 Å². The highest BCUT2D eigenvalue weighted by molar-refractivity contribution is 6.02. The quantitative estimate of drug-likeness (QED) is 0.307. The molecule has 0 aliphatic heterocycles. The smallest absolute Gasteiger partial charge is 0.294 e. The van der Waals surface area contributed by atoms with E-state index in [1.54, 1.807) is 30.5 Å². The number of allylic oxidation sites excluding steroid dienone is 2. The number of aromatic nitrogens is 1. The molecule has 1 aliphatic carbocycles. The van der Waals surface area contributed by atoms with Gasteiger partial charge in [-0.3, -0.25) is 14.9 Å². The normalized spacial score (nSPS) is 15.8. The number of ketones is 1. The van der Waals surface area contributed by atoms with Crippen LogP contribution in [-0.4, -0.2) is 15.3 Å². The standard InChI is InChI=1S/C18H14N2O4/c21-16(17-6-3-11-24-17)7-8-18(9-10-18)19-12-15(20(22)23)13-4-1-2-5-14(13)19/h1-8,11-12H,9-10H2/b8-7+. The number of carbonyl (C=O) groups is 1. The zero-order valence-electron chi connectivity index (χ0n) is 12.7. The predicted octanol–water partition coefficient (Wildman–Crippen LogP) is 4.07. The summed E-state index contributed by atoms with van der Waals surface area (Å²) in [6.07, 6.45) is 8.02. The summed E-state index contributed by atoms with van der Waals surface area (Å²) < 4.78 is 7.00. The van der Waals surface area contributed by atoms with Crippen LogP contribution in [0.25, 0.3) is 10.9 Å². The number of para-hydroxylation sites is 1. The largest absolute Gasteiger partial charge is 0.461 e. The van der Waals surface area contributed by atoms with Crippen LogP contribution in [0.2, 0.25) is 0 Å². The summed E-state index contributed by atoms with van der Waals surface area (Å²) in [4.78, 5) is 23.0. The molecule has 0 amide bonds. The maximum Gasteiger partial charge on any atom is 0.294 e. The number of carbonyl (C=O) groups excluding carboxylic acids is 1. The summed E-state index contributed by atoms with van der Waals surface area (Å²) in [5, 5.41) is 11.9. The molecular formula is C18H14N2O4. The monoisotopic (exact) mass is 322 g/mol. The molecule has 2 heterocycles. The Morgan fingerprint density at radius 2 is 2.04 bits per heavy atom. The number of furan rings is 1. The second kappa shape index (κ2) is 5.19. The number of benzene rings is 1. The van der Waals surface area contributed by atoms with Gasteiger partial charge in [0.15, 0.2) is 5.76 Å². The third-order valence-electron chi connectivity index (χ3n) is 4.44. The lowest BCUT2D eigenvalue weighted by molar-refractivity contribution is -0.383. The van der Waals surface area contributed by atoms with E-state index in [4.69, 9.17) is 4.42 Å². The zero-order valence-corrected chi connectivity index (χ0v) is 12.7. The predicted molar refractivity (Wildman–Crippen MR) is 88.0 cm³/mol. The van der Waals surface area contributed by atoms with Gasteiger partial charge in [-0.1, -0.05) is 18.2 Å². The lowest BCUT2D eigenvalue weighted by Crippen LogP contribution is -2.13. The number of hydrogen-bond donors (Lipinski definition) is 0. The van der Waals surface area contributed by atoms with Gasteiger partial charge < -0.3 is 8.98 Å². The van der Waals surface area contributed by atoms with Crippen LogP contribution in [0.15, 0.2) is 65.4 Å².